The lowest BCUT2D eigenvalue weighted by atomic mass is 9.99. The van der Waals surface area contributed by atoms with Gasteiger partial charge in [0.1, 0.15) is 0 Å². The first-order chi connectivity index (χ1) is 8.66. The number of amides is 1. The van der Waals surface area contributed by atoms with Gasteiger partial charge in [0.25, 0.3) is 0 Å². The van der Waals surface area contributed by atoms with Gasteiger partial charge in [-0.05, 0) is 18.9 Å². The molecule has 3 nitrogen and oxygen atoms in total. The molecule has 1 unspecified atom stereocenters. The zero-order valence-electron chi connectivity index (χ0n) is 11.3. The first-order valence-corrected chi connectivity index (χ1v) is 6.72. The van der Waals surface area contributed by atoms with Gasteiger partial charge in [-0.1, -0.05) is 36.8 Å². The van der Waals surface area contributed by atoms with Gasteiger partial charge in [-0.25, -0.2) is 0 Å². The van der Waals surface area contributed by atoms with Crippen LogP contribution in [0.4, 0.5) is 0 Å². The number of piperazine rings is 1. The zero-order valence-corrected chi connectivity index (χ0v) is 11.3. The summed E-state index contributed by atoms with van der Waals surface area (Å²) in [6.07, 6.45) is 0.836. The standard InChI is InChI=1S/C15H22N2O/c1-12-3-5-14(6-4-12)11-13(2)15(18)17-9-7-16-8-10-17/h3-6,13,16H,7-11H2,1-2H3. The highest BCUT2D eigenvalue weighted by molar-refractivity contribution is 5.78. The molecule has 1 aliphatic heterocycles. The van der Waals surface area contributed by atoms with Crippen molar-refractivity contribution < 1.29 is 4.79 Å². The Balaban J connectivity index is 1.92. The molecule has 18 heavy (non-hydrogen) atoms. The highest BCUT2D eigenvalue weighted by Crippen LogP contribution is 2.13. The van der Waals surface area contributed by atoms with E-state index in [2.05, 4.69) is 36.5 Å². The normalized spacial score (nSPS) is 17.6. The molecule has 98 valence electrons. The fourth-order valence-electron chi connectivity index (χ4n) is 2.36. The Bertz CT molecular complexity index is 393. The summed E-state index contributed by atoms with van der Waals surface area (Å²) < 4.78 is 0. The molecule has 1 aromatic carbocycles. The minimum absolute atomic E-state index is 0.0748. The molecule has 0 aromatic heterocycles. The van der Waals surface area contributed by atoms with E-state index >= 15 is 0 Å². The molecule has 1 fully saturated rings. The first kappa shape index (κ1) is 13.1. The second-order valence-corrected chi connectivity index (χ2v) is 5.17. The average molecular weight is 246 g/mol. The van der Waals surface area contributed by atoms with E-state index in [1.807, 2.05) is 11.8 Å². The van der Waals surface area contributed by atoms with Gasteiger partial charge in [0.05, 0.1) is 0 Å². The molecule has 2 rings (SSSR count). The lowest BCUT2D eigenvalue weighted by Crippen LogP contribution is -2.48. The monoisotopic (exact) mass is 246 g/mol. The number of nitrogens with one attached hydrogen (secondary N) is 1. The Labute approximate surface area is 109 Å². The molecule has 0 spiro atoms. The van der Waals surface area contributed by atoms with Gasteiger partial charge in [-0.2, -0.15) is 0 Å². The van der Waals surface area contributed by atoms with Crippen LogP contribution in [0, 0.1) is 12.8 Å². The quantitative estimate of drug-likeness (QED) is 0.878. The van der Waals surface area contributed by atoms with Crippen LogP contribution in [0.15, 0.2) is 24.3 Å². The van der Waals surface area contributed by atoms with Gasteiger partial charge >= 0.3 is 0 Å². The second kappa shape index (κ2) is 6.01. The topological polar surface area (TPSA) is 32.3 Å². The van der Waals surface area contributed by atoms with Crippen LogP contribution in [0.1, 0.15) is 18.1 Å². The van der Waals surface area contributed by atoms with Crippen LogP contribution in [0.5, 0.6) is 0 Å². The lowest BCUT2D eigenvalue weighted by Gasteiger charge is -2.29. The summed E-state index contributed by atoms with van der Waals surface area (Å²) in [5.74, 6) is 0.364. The van der Waals surface area contributed by atoms with Crippen molar-refractivity contribution in [1.29, 1.82) is 0 Å². The molecular formula is C15H22N2O. The Hall–Kier alpha value is -1.35. The maximum Gasteiger partial charge on any atom is 0.225 e. The molecule has 0 radical (unpaired) electrons. The van der Waals surface area contributed by atoms with Crippen molar-refractivity contribution in [2.75, 3.05) is 26.2 Å². The van der Waals surface area contributed by atoms with Crippen molar-refractivity contribution in [3.05, 3.63) is 35.4 Å². The van der Waals surface area contributed by atoms with Crippen LogP contribution in [-0.4, -0.2) is 37.0 Å². The third-order valence-electron chi connectivity index (χ3n) is 3.51. The van der Waals surface area contributed by atoms with Crippen LogP contribution in [0.2, 0.25) is 0 Å². The maximum atomic E-state index is 12.3. The van der Waals surface area contributed by atoms with Gasteiger partial charge in [0.2, 0.25) is 5.91 Å². The van der Waals surface area contributed by atoms with E-state index in [1.54, 1.807) is 0 Å². The Morgan fingerprint density at radius 1 is 1.28 bits per heavy atom. The van der Waals surface area contributed by atoms with Crippen LogP contribution in [0.25, 0.3) is 0 Å². The predicted molar refractivity (Wildman–Crippen MR) is 73.5 cm³/mol. The number of rotatable bonds is 3. The van der Waals surface area contributed by atoms with Crippen molar-refractivity contribution in [3.63, 3.8) is 0 Å². The number of carbonyl (C=O) groups is 1. The molecule has 3 heteroatoms. The molecule has 1 aromatic rings. The SMILES string of the molecule is Cc1ccc(CC(C)C(=O)N2CCNCC2)cc1. The predicted octanol–water partition coefficient (Wildman–Crippen LogP) is 1.61. The van der Waals surface area contributed by atoms with Crippen molar-refractivity contribution >= 4 is 5.91 Å². The minimum atomic E-state index is 0.0748. The van der Waals surface area contributed by atoms with E-state index < -0.39 is 0 Å². The minimum Gasteiger partial charge on any atom is -0.340 e. The second-order valence-electron chi connectivity index (χ2n) is 5.17. The molecular weight excluding hydrogens is 224 g/mol. The van der Waals surface area contributed by atoms with Crippen molar-refractivity contribution in [2.24, 2.45) is 5.92 Å². The highest BCUT2D eigenvalue weighted by Gasteiger charge is 2.21. The third-order valence-corrected chi connectivity index (χ3v) is 3.51. The summed E-state index contributed by atoms with van der Waals surface area (Å²) >= 11 is 0. The Morgan fingerprint density at radius 3 is 2.50 bits per heavy atom. The van der Waals surface area contributed by atoms with Crippen molar-refractivity contribution in [3.8, 4) is 0 Å². The largest absolute Gasteiger partial charge is 0.340 e. The average Bonchev–Trinajstić information content (AvgIpc) is 2.41. The lowest BCUT2D eigenvalue weighted by molar-refractivity contribution is -0.135. The molecule has 1 heterocycles. The smallest absolute Gasteiger partial charge is 0.225 e. The Kier molecular flexibility index (Phi) is 4.37. The summed E-state index contributed by atoms with van der Waals surface area (Å²) in [4.78, 5) is 14.2. The number of nitrogens with zero attached hydrogens (tertiary/aromatic N) is 1. The van der Waals surface area contributed by atoms with Gasteiger partial charge in [-0.15, -0.1) is 0 Å². The number of hydrogen-bond acceptors (Lipinski definition) is 2. The summed E-state index contributed by atoms with van der Waals surface area (Å²) in [6.45, 7) is 7.64. The highest BCUT2D eigenvalue weighted by atomic mass is 16.2. The molecule has 1 N–H and O–H groups in total. The summed E-state index contributed by atoms with van der Waals surface area (Å²) in [7, 11) is 0. The zero-order chi connectivity index (χ0) is 13.0. The number of carbonyl (C=O) groups excluding carboxylic acids is 1. The number of benzene rings is 1. The molecule has 0 saturated carbocycles. The third kappa shape index (κ3) is 3.33. The van der Waals surface area contributed by atoms with Crippen LogP contribution in [0.3, 0.4) is 0 Å². The molecule has 1 amide bonds. The molecule has 1 saturated heterocycles. The van der Waals surface area contributed by atoms with Crippen LogP contribution < -0.4 is 5.32 Å². The van der Waals surface area contributed by atoms with Gasteiger partial charge in [0, 0.05) is 32.1 Å². The summed E-state index contributed by atoms with van der Waals surface area (Å²) in [6, 6.07) is 8.46. The number of aryl methyl sites for hydroxylation is 1. The molecule has 0 bridgehead atoms. The van der Waals surface area contributed by atoms with E-state index in [4.69, 9.17) is 0 Å². The van der Waals surface area contributed by atoms with E-state index in [0.717, 1.165) is 32.6 Å². The van der Waals surface area contributed by atoms with Crippen molar-refractivity contribution in [2.45, 2.75) is 20.3 Å². The van der Waals surface area contributed by atoms with E-state index in [1.165, 1.54) is 11.1 Å². The van der Waals surface area contributed by atoms with E-state index in [0.29, 0.717) is 0 Å². The fourth-order valence-corrected chi connectivity index (χ4v) is 2.36. The number of hydrogen-bond donors (Lipinski definition) is 1. The van der Waals surface area contributed by atoms with Gasteiger partial charge in [-0.3, -0.25) is 4.79 Å². The van der Waals surface area contributed by atoms with E-state index in [9.17, 15) is 4.79 Å². The Morgan fingerprint density at radius 2 is 1.89 bits per heavy atom. The maximum absolute atomic E-state index is 12.3. The summed E-state index contributed by atoms with van der Waals surface area (Å²) in [5, 5.41) is 3.27. The van der Waals surface area contributed by atoms with Crippen LogP contribution >= 0.6 is 0 Å². The molecule has 1 aliphatic rings. The molecule has 0 aliphatic carbocycles. The first-order valence-electron chi connectivity index (χ1n) is 6.72. The summed E-state index contributed by atoms with van der Waals surface area (Å²) in [5.41, 5.74) is 2.51. The van der Waals surface area contributed by atoms with Gasteiger partial charge < -0.3 is 10.2 Å². The van der Waals surface area contributed by atoms with Crippen LogP contribution in [-0.2, 0) is 11.2 Å². The van der Waals surface area contributed by atoms with Crippen molar-refractivity contribution in [1.82, 2.24) is 10.2 Å². The fraction of sp³-hybridized carbons (Fsp3) is 0.533. The van der Waals surface area contributed by atoms with Gasteiger partial charge in [0.15, 0.2) is 0 Å². The molecule has 1 atom stereocenters. The van der Waals surface area contributed by atoms with E-state index in [-0.39, 0.29) is 11.8 Å².